The molecule has 1 saturated carbocycles. The first-order valence-corrected chi connectivity index (χ1v) is 9.78. The molecule has 1 aromatic carbocycles. The van der Waals surface area contributed by atoms with Gasteiger partial charge in [0.1, 0.15) is 11.4 Å². The van der Waals surface area contributed by atoms with Crippen molar-refractivity contribution in [1.82, 2.24) is 9.99 Å². The van der Waals surface area contributed by atoms with E-state index in [9.17, 15) is 5.11 Å². The quantitative estimate of drug-likeness (QED) is 0.480. The highest BCUT2D eigenvalue weighted by molar-refractivity contribution is 6.00. The van der Waals surface area contributed by atoms with Crippen molar-refractivity contribution in [2.45, 2.75) is 44.6 Å². The number of benzene rings is 1. The molecule has 2 heterocycles. The molecule has 29 heavy (non-hydrogen) atoms. The second-order valence-corrected chi connectivity index (χ2v) is 7.76. The summed E-state index contributed by atoms with van der Waals surface area (Å²) in [5, 5.41) is 20.2. The molecule has 2 aliphatic rings. The van der Waals surface area contributed by atoms with E-state index in [1.165, 1.54) is 0 Å². The lowest BCUT2D eigenvalue weighted by atomic mass is 9.77. The first-order valence-electron chi connectivity index (χ1n) is 9.78. The van der Waals surface area contributed by atoms with E-state index in [2.05, 4.69) is 26.2 Å². The molecule has 0 bridgehead atoms. The molecule has 1 unspecified atom stereocenters. The zero-order valence-corrected chi connectivity index (χ0v) is 16.9. The Balaban J connectivity index is 1.62. The first kappa shape index (κ1) is 19.4. The molecule has 1 atom stereocenters. The van der Waals surface area contributed by atoms with Crippen LogP contribution in [0.15, 0.2) is 40.6 Å². The van der Waals surface area contributed by atoms with Gasteiger partial charge >= 0.3 is 0 Å². The Kier molecular flexibility index (Phi) is 5.01. The third-order valence-electron chi connectivity index (χ3n) is 5.35. The molecular formula is C20H27N7O2. The van der Waals surface area contributed by atoms with Crippen molar-refractivity contribution in [1.29, 1.82) is 5.53 Å². The second kappa shape index (κ2) is 7.49. The molecule has 0 radical (unpaired) electrons. The predicted molar refractivity (Wildman–Crippen MR) is 112 cm³/mol. The van der Waals surface area contributed by atoms with Gasteiger partial charge in [0, 0.05) is 24.3 Å². The molecule has 154 valence electrons. The number of anilines is 1. The molecule has 9 heteroatoms. The SMILES string of the molecule is CCNc1cc(-c2ccn3c2C(OC)=NC(NC2CC(C)(O)C2)N3)ccc1N=N. The van der Waals surface area contributed by atoms with Crippen LogP contribution in [0.25, 0.3) is 11.1 Å². The van der Waals surface area contributed by atoms with E-state index < -0.39 is 5.60 Å². The number of hydrogen-bond acceptors (Lipinski definition) is 8. The summed E-state index contributed by atoms with van der Waals surface area (Å²) in [6.07, 6.45) is 3.01. The van der Waals surface area contributed by atoms with Gasteiger partial charge in [-0.3, -0.25) is 15.4 Å². The summed E-state index contributed by atoms with van der Waals surface area (Å²) in [5.41, 5.74) is 14.3. The van der Waals surface area contributed by atoms with Gasteiger partial charge in [0.2, 0.25) is 5.90 Å². The number of fused-ring (bicyclic) bond motifs is 1. The second-order valence-electron chi connectivity index (χ2n) is 7.76. The average Bonchev–Trinajstić information content (AvgIpc) is 3.10. The van der Waals surface area contributed by atoms with Gasteiger partial charge in [-0.1, -0.05) is 6.07 Å². The third-order valence-corrected chi connectivity index (χ3v) is 5.35. The molecule has 5 N–H and O–H groups in total. The van der Waals surface area contributed by atoms with Crippen molar-refractivity contribution < 1.29 is 9.84 Å². The van der Waals surface area contributed by atoms with Gasteiger partial charge in [-0.2, -0.15) is 5.11 Å². The molecule has 0 spiro atoms. The molecule has 0 amide bonds. The van der Waals surface area contributed by atoms with Crippen molar-refractivity contribution >= 4 is 17.3 Å². The Hall–Kier alpha value is -2.91. The van der Waals surface area contributed by atoms with E-state index in [4.69, 9.17) is 10.3 Å². The first-order chi connectivity index (χ1) is 13.9. The van der Waals surface area contributed by atoms with E-state index in [1.54, 1.807) is 7.11 Å². The molecule has 1 aromatic heterocycles. The number of methoxy groups -OCH3 is 1. The summed E-state index contributed by atoms with van der Waals surface area (Å²) in [5.74, 6) is 0.534. The van der Waals surface area contributed by atoms with Gasteiger partial charge in [-0.25, -0.2) is 10.5 Å². The van der Waals surface area contributed by atoms with E-state index >= 15 is 0 Å². The zero-order chi connectivity index (χ0) is 20.6. The lowest BCUT2D eigenvalue weighted by Gasteiger charge is -2.43. The standard InChI is InChI=1S/C20H27N7O2/c1-4-22-16-9-12(5-6-15(16)25-21)14-7-8-27-17(14)18(29-3)24-19(26-27)23-13-10-20(2,28)11-13/h5-9,13,19,21-23,26,28H,4,10-11H2,1-3H3. The predicted octanol–water partition coefficient (Wildman–Crippen LogP) is 2.99. The van der Waals surface area contributed by atoms with Crippen LogP contribution in [0.5, 0.6) is 0 Å². The van der Waals surface area contributed by atoms with Crippen LogP contribution in [-0.2, 0) is 4.74 Å². The molecule has 4 rings (SSSR count). The van der Waals surface area contributed by atoms with Crippen LogP contribution in [0.3, 0.4) is 0 Å². The number of ether oxygens (including phenoxy) is 1. The minimum absolute atomic E-state index is 0.213. The fraction of sp³-hybridized carbons (Fsp3) is 0.450. The summed E-state index contributed by atoms with van der Waals surface area (Å²) < 4.78 is 7.51. The van der Waals surface area contributed by atoms with Gasteiger partial charge in [-0.15, -0.1) is 0 Å². The molecule has 1 aliphatic heterocycles. The average molecular weight is 397 g/mol. The molecule has 2 aromatic rings. The maximum absolute atomic E-state index is 9.95. The summed E-state index contributed by atoms with van der Waals surface area (Å²) in [4.78, 5) is 4.67. The van der Waals surface area contributed by atoms with Gasteiger partial charge < -0.3 is 15.2 Å². The highest BCUT2D eigenvalue weighted by Crippen LogP contribution is 2.35. The van der Waals surface area contributed by atoms with Gasteiger partial charge in [0.15, 0.2) is 6.29 Å². The van der Waals surface area contributed by atoms with Gasteiger partial charge in [0.25, 0.3) is 0 Å². The minimum Gasteiger partial charge on any atom is -0.480 e. The molecular weight excluding hydrogens is 370 g/mol. The van der Waals surface area contributed by atoms with Crippen LogP contribution < -0.4 is 16.1 Å². The van der Waals surface area contributed by atoms with Crippen LogP contribution in [0.4, 0.5) is 11.4 Å². The topological polar surface area (TPSA) is 119 Å². The summed E-state index contributed by atoms with van der Waals surface area (Å²) in [6.45, 7) is 4.60. The van der Waals surface area contributed by atoms with Crippen LogP contribution in [0, 0.1) is 5.53 Å². The van der Waals surface area contributed by atoms with E-state index in [-0.39, 0.29) is 12.3 Å². The monoisotopic (exact) mass is 397 g/mol. The Morgan fingerprint density at radius 2 is 2.21 bits per heavy atom. The number of rotatable bonds is 6. The summed E-state index contributed by atoms with van der Waals surface area (Å²) >= 11 is 0. The Morgan fingerprint density at radius 3 is 2.86 bits per heavy atom. The Labute approximate surface area is 169 Å². The highest BCUT2D eigenvalue weighted by atomic mass is 16.5. The van der Waals surface area contributed by atoms with Crippen LogP contribution in [0.1, 0.15) is 32.4 Å². The normalized spacial score (nSPS) is 25.3. The number of aliphatic hydroxyl groups is 1. The molecule has 0 saturated heterocycles. The van der Waals surface area contributed by atoms with Crippen LogP contribution in [0.2, 0.25) is 0 Å². The summed E-state index contributed by atoms with van der Waals surface area (Å²) in [6, 6.07) is 7.98. The summed E-state index contributed by atoms with van der Waals surface area (Å²) in [7, 11) is 1.61. The van der Waals surface area contributed by atoms with Gasteiger partial charge in [0.05, 0.1) is 18.4 Å². The van der Waals surface area contributed by atoms with Crippen molar-refractivity contribution in [3.63, 3.8) is 0 Å². The molecule has 1 fully saturated rings. The Bertz CT molecular complexity index is 942. The maximum Gasteiger partial charge on any atom is 0.238 e. The number of aromatic nitrogens is 1. The van der Waals surface area contributed by atoms with E-state index in [1.807, 2.05) is 49.0 Å². The lowest BCUT2D eigenvalue weighted by molar-refractivity contribution is -0.0411. The lowest BCUT2D eigenvalue weighted by Crippen LogP contribution is -2.57. The number of hydrogen-bond donors (Lipinski definition) is 5. The highest BCUT2D eigenvalue weighted by Gasteiger charge is 2.39. The van der Waals surface area contributed by atoms with E-state index in [0.717, 1.165) is 29.1 Å². The zero-order valence-electron chi connectivity index (χ0n) is 16.9. The van der Waals surface area contributed by atoms with Crippen LogP contribution in [-0.4, -0.2) is 47.3 Å². The van der Waals surface area contributed by atoms with Crippen LogP contribution >= 0.6 is 0 Å². The van der Waals surface area contributed by atoms with Crippen molar-refractivity contribution in [2.75, 3.05) is 24.4 Å². The maximum atomic E-state index is 9.95. The Morgan fingerprint density at radius 1 is 1.41 bits per heavy atom. The van der Waals surface area contributed by atoms with E-state index in [0.29, 0.717) is 24.4 Å². The van der Waals surface area contributed by atoms with Gasteiger partial charge in [-0.05, 0) is 50.5 Å². The largest absolute Gasteiger partial charge is 0.480 e. The van der Waals surface area contributed by atoms with Crippen molar-refractivity contribution in [3.05, 3.63) is 36.2 Å². The molecule has 9 nitrogen and oxygen atoms in total. The minimum atomic E-state index is -0.590. The fourth-order valence-electron chi connectivity index (χ4n) is 4.03. The molecule has 1 aliphatic carbocycles. The van der Waals surface area contributed by atoms with Crippen molar-refractivity contribution in [3.8, 4) is 11.1 Å². The third kappa shape index (κ3) is 3.70. The number of nitrogens with zero attached hydrogens (tertiary/aromatic N) is 3. The number of aliphatic imine (C=N–C) groups is 1. The van der Waals surface area contributed by atoms with Crippen molar-refractivity contribution in [2.24, 2.45) is 10.1 Å². The smallest absolute Gasteiger partial charge is 0.238 e. The fourth-order valence-corrected chi connectivity index (χ4v) is 4.03. The number of nitrogens with one attached hydrogen (secondary N) is 4.